The van der Waals surface area contributed by atoms with Crippen molar-refractivity contribution in [1.82, 2.24) is 15.3 Å². The molecule has 1 saturated heterocycles. The molecule has 1 fully saturated rings. The van der Waals surface area contributed by atoms with Crippen molar-refractivity contribution >= 4 is 5.95 Å². The Morgan fingerprint density at radius 1 is 1.13 bits per heavy atom. The van der Waals surface area contributed by atoms with Crippen LogP contribution in [0.4, 0.5) is 5.95 Å². The molecule has 5 nitrogen and oxygen atoms in total. The van der Waals surface area contributed by atoms with Gasteiger partial charge in [-0.05, 0) is 25.3 Å². The summed E-state index contributed by atoms with van der Waals surface area (Å²) in [7, 11) is 0. The molecule has 0 amide bonds. The maximum atomic E-state index is 10.2. The minimum atomic E-state index is -0.500. The average molecular weight is 312 g/mol. The summed E-state index contributed by atoms with van der Waals surface area (Å²) in [5.41, 5.74) is 3.16. The van der Waals surface area contributed by atoms with Crippen LogP contribution in [0.3, 0.4) is 0 Å². The van der Waals surface area contributed by atoms with E-state index in [-0.39, 0.29) is 0 Å². The van der Waals surface area contributed by atoms with Crippen molar-refractivity contribution in [2.75, 3.05) is 24.5 Å². The zero-order valence-electron chi connectivity index (χ0n) is 13.6. The maximum absolute atomic E-state index is 10.2. The summed E-state index contributed by atoms with van der Waals surface area (Å²) in [5.74, 6) is 0.825. The van der Waals surface area contributed by atoms with Crippen LogP contribution in [0.15, 0.2) is 36.7 Å². The van der Waals surface area contributed by atoms with Gasteiger partial charge in [0.05, 0.1) is 6.10 Å². The number of nitrogens with zero attached hydrogens (tertiary/aromatic N) is 3. The third kappa shape index (κ3) is 4.27. The number of aliphatic hydroxyl groups excluding tert-OH is 1. The van der Waals surface area contributed by atoms with Crippen LogP contribution in [-0.4, -0.2) is 34.7 Å². The molecular weight excluding hydrogens is 288 g/mol. The van der Waals surface area contributed by atoms with Crippen molar-refractivity contribution < 1.29 is 5.11 Å². The summed E-state index contributed by atoms with van der Waals surface area (Å²) in [5, 5.41) is 13.4. The van der Waals surface area contributed by atoms with Crippen LogP contribution in [0, 0.1) is 6.92 Å². The molecule has 1 aromatic carbocycles. The van der Waals surface area contributed by atoms with E-state index >= 15 is 0 Å². The highest BCUT2D eigenvalue weighted by Crippen LogP contribution is 2.15. The second-order valence-corrected chi connectivity index (χ2v) is 6.14. The van der Waals surface area contributed by atoms with Gasteiger partial charge in [0.2, 0.25) is 5.95 Å². The predicted octanol–water partition coefficient (Wildman–Crippen LogP) is 2.21. The molecule has 1 aromatic heterocycles. The lowest BCUT2D eigenvalue weighted by Gasteiger charge is -2.15. The number of benzene rings is 1. The van der Waals surface area contributed by atoms with Crippen LogP contribution in [0.25, 0.3) is 0 Å². The van der Waals surface area contributed by atoms with E-state index in [4.69, 9.17) is 0 Å². The van der Waals surface area contributed by atoms with Crippen LogP contribution < -0.4 is 10.2 Å². The van der Waals surface area contributed by atoms with Crippen LogP contribution in [0.2, 0.25) is 0 Å². The molecule has 2 heterocycles. The standard InChI is InChI=1S/C18H24N4O/c1-14-4-6-16(7-5-14)17(23)13-19-10-15-11-20-18(21-12-15)22-8-2-3-9-22/h4-7,11-12,17,19,23H,2-3,8-10,13H2,1H3/t17-/m0/s1. The molecule has 23 heavy (non-hydrogen) atoms. The normalized spacial score (nSPS) is 15.8. The van der Waals surface area contributed by atoms with Crippen molar-refractivity contribution in [2.45, 2.75) is 32.4 Å². The fourth-order valence-corrected chi connectivity index (χ4v) is 2.78. The number of aromatic nitrogens is 2. The molecule has 1 atom stereocenters. The topological polar surface area (TPSA) is 61.3 Å². The number of hydrogen-bond acceptors (Lipinski definition) is 5. The molecule has 1 aliphatic heterocycles. The first-order chi connectivity index (χ1) is 11.2. The number of aryl methyl sites for hydroxylation is 1. The molecule has 0 saturated carbocycles. The van der Waals surface area contributed by atoms with E-state index in [1.807, 2.05) is 43.6 Å². The summed E-state index contributed by atoms with van der Waals surface area (Å²) in [6.07, 6.45) is 5.69. The number of aliphatic hydroxyl groups is 1. The third-order valence-corrected chi connectivity index (χ3v) is 4.21. The van der Waals surface area contributed by atoms with Crippen molar-refractivity contribution in [1.29, 1.82) is 0 Å². The van der Waals surface area contributed by atoms with Gasteiger partial charge >= 0.3 is 0 Å². The zero-order chi connectivity index (χ0) is 16.1. The summed E-state index contributed by atoms with van der Waals surface area (Å²) in [6, 6.07) is 7.97. The second-order valence-electron chi connectivity index (χ2n) is 6.14. The first-order valence-electron chi connectivity index (χ1n) is 8.23. The van der Waals surface area contributed by atoms with E-state index in [9.17, 15) is 5.11 Å². The van der Waals surface area contributed by atoms with Crippen molar-refractivity contribution in [3.05, 3.63) is 53.3 Å². The van der Waals surface area contributed by atoms with E-state index in [0.717, 1.165) is 30.2 Å². The first-order valence-corrected chi connectivity index (χ1v) is 8.23. The van der Waals surface area contributed by atoms with Crippen LogP contribution in [-0.2, 0) is 6.54 Å². The molecule has 1 aliphatic rings. The Morgan fingerprint density at radius 3 is 2.43 bits per heavy atom. The smallest absolute Gasteiger partial charge is 0.225 e. The fourth-order valence-electron chi connectivity index (χ4n) is 2.78. The molecule has 3 rings (SSSR count). The third-order valence-electron chi connectivity index (χ3n) is 4.21. The Balaban J connectivity index is 1.47. The van der Waals surface area contributed by atoms with Gasteiger partial charge in [-0.1, -0.05) is 29.8 Å². The fraction of sp³-hybridized carbons (Fsp3) is 0.444. The molecular formula is C18H24N4O. The lowest BCUT2D eigenvalue weighted by Crippen LogP contribution is -2.22. The van der Waals surface area contributed by atoms with Crippen molar-refractivity contribution in [3.63, 3.8) is 0 Å². The largest absolute Gasteiger partial charge is 0.387 e. The van der Waals surface area contributed by atoms with Gasteiger partial charge in [-0.2, -0.15) is 0 Å². The van der Waals surface area contributed by atoms with Gasteiger partial charge in [0, 0.05) is 44.1 Å². The first kappa shape index (κ1) is 15.9. The van der Waals surface area contributed by atoms with Crippen LogP contribution in [0.5, 0.6) is 0 Å². The monoisotopic (exact) mass is 312 g/mol. The van der Waals surface area contributed by atoms with Gasteiger partial charge in [-0.3, -0.25) is 0 Å². The highest BCUT2D eigenvalue weighted by atomic mass is 16.3. The Labute approximate surface area is 137 Å². The maximum Gasteiger partial charge on any atom is 0.225 e. The van der Waals surface area contributed by atoms with Gasteiger partial charge in [0.1, 0.15) is 0 Å². The molecule has 5 heteroatoms. The molecule has 122 valence electrons. The van der Waals surface area contributed by atoms with Crippen molar-refractivity contribution in [2.24, 2.45) is 0 Å². The van der Waals surface area contributed by atoms with Gasteiger partial charge < -0.3 is 15.3 Å². The molecule has 0 bridgehead atoms. The minimum absolute atomic E-state index is 0.500. The molecule has 0 unspecified atom stereocenters. The molecule has 0 aliphatic carbocycles. The van der Waals surface area contributed by atoms with E-state index in [1.165, 1.54) is 18.4 Å². The molecule has 0 spiro atoms. The van der Waals surface area contributed by atoms with Gasteiger partial charge in [0.25, 0.3) is 0 Å². The number of anilines is 1. The van der Waals surface area contributed by atoms with E-state index < -0.39 is 6.10 Å². The van der Waals surface area contributed by atoms with Crippen LogP contribution in [0.1, 0.15) is 35.6 Å². The summed E-state index contributed by atoms with van der Waals surface area (Å²) >= 11 is 0. The van der Waals surface area contributed by atoms with Crippen molar-refractivity contribution in [3.8, 4) is 0 Å². The Hall–Kier alpha value is -1.98. The molecule has 2 aromatic rings. The number of rotatable bonds is 6. The SMILES string of the molecule is Cc1ccc([C@@H](O)CNCc2cnc(N3CCCC3)nc2)cc1. The summed E-state index contributed by atoms with van der Waals surface area (Å²) in [6.45, 7) is 5.32. The lowest BCUT2D eigenvalue weighted by atomic mass is 10.1. The second kappa shape index (κ2) is 7.53. The highest BCUT2D eigenvalue weighted by molar-refractivity contribution is 5.31. The van der Waals surface area contributed by atoms with E-state index in [2.05, 4.69) is 20.2 Å². The Morgan fingerprint density at radius 2 is 1.78 bits per heavy atom. The molecule has 0 radical (unpaired) electrons. The van der Waals surface area contributed by atoms with E-state index in [0.29, 0.717) is 13.1 Å². The Bertz CT molecular complexity index is 606. The highest BCUT2D eigenvalue weighted by Gasteiger charge is 2.14. The number of hydrogen-bond donors (Lipinski definition) is 2. The quantitative estimate of drug-likeness (QED) is 0.856. The summed E-state index contributed by atoms with van der Waals surface area (Å²) in [4.78, 5) is 11.1. The summed E-state index contributed by atoms with van der Waals surface area (Å²) < 4.78 is 0. The minimum Gasteiger partial charge on any atom is -0.387 e. The lowest BCUT2D eigenvalue weighted by molar-refractivity contribution is 0.174. The van der Waals surface area contributed by atoms with E-state index in [1.54, 1.807) is 0 Å². The zero-order valence-corrected chi connectivity index (χ0v) is 13.6. The Kier molecular flexibility index (Phi) is 5.20. The number of nitrogens with one attached hydrogen (secondary N) is 1. The molecule has 2 N–H and O–H groups in total. The van der Waals surface area contributed by atoms with Crippen LogP contribution >= 0.6 is 0 Å². The van der Waals surface area contributed by atoms with Gasteiger partial charge in [-0.25, -0.2) is 9.97 Å². The average Bonchev–Trinajstić information content (AvgIpc) is 3.10. The predicted molar refractivity (Wildman–Crippen MR) is 91.3 cm³/mol. The van der Waals surface area contributed by atoms with Gasteiger partial charge in [0.15, 0.2) is 0 Å². The van der Waals surface area contributed by atoms with Gasteiger partial charge in [-0.15, -0.1) is 0 Å².